The summed E-state index contributed by atoms with van der Waals surface area (Å²) in [6.45, 7) is 1.84. The third-order valence-electron chi connectivity index (χ3n) is 2.69. The number of aryl methyl sites for hydroxylation is 1. The van der Waals surface area contributed by atoms with Crippen molar-refractivity contribution >= 4 is 27.0 Å². The Balaban J connectivity index is 2.42. The van der Waals surface area contributed by atoms with E-state index in [1.165, 1.54) is 6.07 Å². The van der Waals surface area contributed by atoms with Gasteiger partial charge in [-0.25, -0.2) is 21.6 Å². The molecule has 0 bridgehead atoms. The van der Waals surface area contributed by atoms with Crippen LogP contribution in [0.4, 0.5) is 18.9 Å². The highest BCUT2D eigenvalue weighted by Crippen LogP contribution is 2.28. The van der Waals surface area contributed by atoms with Gasteiger partial charge in [0.25, 0.3) is 10.0 Å². The predicted molar refractivity (Wildman–Crippen MR) is 74.1 cm³/mol. The van der Waals surface area contributed by atoms with E-state index in [-0.39, 0.29) is 10.8 Å². The number of benzene rings is 1. The van der Waals surface area contributed by atoms with Crippen LogP contribution in [0.15, 0.2) is 22.4 Å². The maximum absolute atomic E-state index is 13.5. The Hall–Kier alpha value is -1.58. The van der Waals surface area contributed by atoms with Gasteiger partial charge in [0.15, 0.2) is 11.6 Å². The fourth-order valence-corrected chi connectivity index (χ4v) is 4.17. The number of anilines is 1. The molecule has 3 N–H and O–H groups in total. The second-order valence-electron chi connectivity index (χ2n) is 4.23. The van der Waals surface area contributed by atoms with Crippen molar-refractivity contribution in [1.82, 2.24) is 0 Å². The maximum atomic E-state index is 13.5. The molecule has 114 valence electrons. The average molecular weight is 336 g/mol. The van der Waals surface area contributed by atoms with Gasteiger partial charge >= 0.3 is 0 Å². The number of sulfonamides is 1. The molecule has 0 amide bonds. The van der Waals surface area contributed by atoms with Crippen LogP contribution in [0.25, 0.3) is 0 Å². The van der Waals surface area contributed by atoms with E-state index in [2.05, 4.69) is 0 Å². The minimum Gasteiger partial charge on any atom is -0.326 e. The van der Waals surface area contributed by atoms with E-state index in [9.17, 15) is 21.6 Å². The monoisotopic (exact) mass is 336 g/mol. The summed E-state index contributed by atoms with van der Waals surface area (Å²) < 4.78 is 65.6. The van der Waals surface area contributed by atoms with E-state index in [4.69, 9.17) is 5.73 Å². The Kier molecular flexibility index (Phi) is 4.26. The van der Waals surface area contributed by atoms with Crippen molar-refractivity contribution in [3.8, 4) is 0 Å². The Morgan fingerprint density at radius 3 is 2.48 bits per heavy atom. The number of hydrogen-bond donors (Lipinski definition) is 2. The topological polar surface area (TPSA) is 72.2 Å². The maximum Gasteiger partial charge on any atom is 0.271 e. The first-order valence-electron chi connectivity index (χ1n) is 5.71. The third-order valence-corrected chi connectivity index (χ3v) is 5.78. The zero-order valence-electron chi connectivity index (χ0n) is 10.8. The van der Waals surface area contributed by atoms with Crippen LogP contribution in [0.2, 0.25) is 0 Å². The van der Waals surface area contributed by atoms with Gasteiger partial charge in [-0.3, -0.25) is 4.72 Å². The van der Waals surface area contributed by atoms with Gasteiger partial charge in [-0.05, 0) is 18.6 Å². The molecule has 2 rings (SSSR count). The van der Waals surface area contributed by atoms with Crippen molar-refractivity contribution in [2.45, 2.75) is 17.7 Å². The number of hydrogen-bond acceptors (Lipinski definition) is 4. The van der Waals surface area contributed by atoms with Gasteiger partial charge in [-0.2, -0.15) is 0 Å². The fourth-order valence-electron chi connectivity index (χ4n) is 1.65. The molecule has 0 aliphatic heterocycles. The third kappa shape index (κ3) is 3.20. The van der Waals surface area contributed by atoms with Crippen LogP contribution in [0, 0.1) is 24.4 Å². The van der Waals surface area contributed by atoms with Gasteiger partial charge < -0.3 is 5.73 Å². The number of nitrogens with two attached hydrogens (primary N) is 1. The van der Waals surface area contributed by atoms with Crippen LogP contribution in [0.3, 0.4) is 0 Å². The zero-order chi connectivity index (χ0) is 15.8. The standard InChI is InChI=1S/C12H11F3N2O2S2/c1-6-2-11(20-10(6)5-16)21(18,19)17-9-4-7(13)3-8(14)12(9)15/h2-4,17H,5,16H2,1H3. The molecule has 1 aromatic heterocycles. The second kappa shape index (κ2) is 5.66. The lowest BCUT2D eigenvalue weighted by atomic mass is 10.3. The molecule has 0 aliphatic rings. The molecular formula is C12H11F3N2O2S2. The summed E-state index contributed by atoms with van der Waals surface area (Å²) in [6, 6.07) is 2.26. The molecule has 0 unspecified atom stereocenters. The van der Waals surface area contributed by atoms with E-state index in [1.807, 2.05) is 4.72 Å². The molecule has 0 fully saturated rings. The van der Waals surface area contributed by atoms with Gasteiger partial charge in [0.2, 0.25) is 0 Å². The summed E-state index contributed by atoms with van der Waals surface area (Å²) in [7, 11) is -4.14. The molecule has 0 saturated heterocycles. The number of rotatable bonds is 4. The minimum absolute atomic E-state index is 0.107. The smallest absolute Gasteiger partial charge is 0.271 e. The largest absolute Gasteiger partial charge is 0.326 e. The summed E-state index contributed by atoms with van der Waals surface area (Å²) in [4.78, 5) is 0.654. The van der Waals surface area contributed by atoms with Crippen molar-refractivity contribution in [3.05, 3.63) is 46.1 Å². The zero-order valence-corrected chi connectivity index (χ0v) is 12.4. The highest BCUT2D eigenvalue weighted by Gasteiger charge is 2.22. The highest BCUT2D eigenvalue weighted by atomic mass is 32.2. The highest BCUT2D eigenvalue weighted by molar-refractivity contribution is 7.94. The second-order valence-corrected chi connectivity index (χ2v) is 7.28. The van der Waals surface area contributed by atoms with E-state index < -0.39 is 33.2 Å². The molecule has 4 nitrogen and oxygen atoms in total. The van der Waals surface area contributed by atoms with Gasteiger partial charge in [0.05, 0.1) is 5.69 Å². The van der Waals surface area contributed by atoms with E-state index in [0.29, 0.717) is 22.6 Å². The van der Waals surface area contributed by atoms with Crippen molar-refractivity contribution in [1.29, 1.82) is 0 Å². The average Bonchev–Trinajstić information content (AvgIpc) is 2.77. The Morgan fingerprint density at radius 2 is 1.90 bits per heavy atom. The van der Waals surface area contributed by atoms with Gasteiger partial charge in [0, 0.05) is 23.6 Å². The van der Waals surface area contributed by atoms with E-state index in [1.54, 1.807) is 6.92 Å². The quantitative estimate of drug-likeness (QED) is 0.843. The van der Waals surface area contributed by atoms with Gasteiger partial charge in [-0.15, -0.1) is 11.3 Å². The first-order chi connectivity index (χ1) is 9.74. The van der Waals surface area contributed by atoms with Crippen LogP contribution in [0.1, 0.15) is 10.4 Å². The van der Waals surface area contributed by atoms with E-state index >= 15 is 0 Å². The Bertz CT molecular complexity index is 788. The summed E-state index contributed by atoms with van der Waals surface area (Å²) in [5, 5.41) is 0. The van der Waals surface area contributed by atoms with Gasteiger partial charge in [0.1, 0.15) is 10.0 Å². The normalized spacial score (nSPS) is 11.7. The lowest BCUT2D eigenvalue weighted by Crippen LogP contribution is -2.13. The SMILES string of the molecule is Cc1cc(S(=O)(=O)Nc2cc(F)cc(F)c2F)sc1CN. The molecule has 1 heterocycles. The first-order valence-corrected chi connectivity index (χ1v) is 8.01. The lowest BCUT2D eigenvalue weighted by molar-refractivity contribution is 0.498. The number of thiophene rings is 1. The molecule has 0 spiro atoms. The summed E-state index contributed by atoms with van der Waals surface area (Å²) >= 11 is 0.915. The number of nitrogens with one attached hydrogen (secondary N) is 1. The van der Waals surface area contributed by atoms with E-state index in [0.717, 1.165) is 11.3 Å². The molecule has 0 saturated carbocycles. The van der Waals surface area contributed by atoms with Crippen LogP contribution < -0.4 is 10.5 Å². The predicted octanol–water partition coefficient (Wildman–Crippen LogP) is 2.73. The lowest BCUT2D eigenvalue weighted by Gasteiger charge is -2.08. The van der Waals surface area contributed by atoms with Crippen LogP contribution in [-0.4, -0.2) is 8.42 Å². The number of halogens is 3. The molecule has 21 heavy (non-hydrogen) atoms. The summed E-state index contributed by atoms with van der Waals surface area (Å²) in [5.41, 5.74) is 5.35. The minimum atomic E-state index is -4.14. The van der Waals surface area contributed by atoms with Crippen LogP contribution in [-0.2, 0) is 16.6 Å². The van der Waals surface area contributed by atoms with Crippen molar-refractivity contribution in [3.63, 3.8) is 0 Å². The van der Waals surface area contributed by atoms with Crippen LogP contribution >= 0.6 is 11.3 Å². The molecule has 0 aliphatic carbocycles. The molecule has 9 heteroatoms. The molecule has 0 radical (unpaired) electrons. The molecular weight excluding hydrogens is 325 g/mol. The van der Waals surface area contributed by atoms with Crippen molar-refractivity contribution in [2.75, 3.05) is 4.72 Å². The summed E-state index contributed by atoms with van der Waals surface area (Å²) in [5.74, 6) is -4.03. The van der Waals surface area contributed by atoms with Crippen molar-refractivity contribution < 1.29 is 21.6 Å². The van der Waals surface area contributed by atoms with Gasteiger partial charge in [-0.1, -0.05) is 0 Å². The molecule has 1 aromatic carbocycles. The molecule has 2 aromatic rings. The van der Waals surface area contributed by atoms with Crippen molar-refractivity contribution in [2.24, 2.45) is 5.73 Å². The first kappa shape index (κ1) is 15.8. The summed E-state index contributed by atoms with van der Waals surface area (Å²) in [6.07, 6.45) is 0. The van der Waals surface area contributed by atoms with Crippen LogP contribution in [0.5, 0.6) is 0 Å². The molecule has 0 atom stereocenters. The Labute approximate surface area is 123 Å². The fraction of sp³-hybridized carbons (Fsp3) is 0.167. The Morgan fingerprint density at radius 1 is 1.24 bits per heavy atom.